The summed E-state index contributed by atoms with van der Waals surface area (Å²) in [7, 11) is 1.62. The van der Waals surface area contributed by atoms with E-state index < -0.39 is 0 Å². The van der Waals surface area contributed by atoms with Crippen molar-refractivity contribution in [1.29, 1.82) is 0 Å². The van der Waals surface area contributed by atoms with Crippen molar-refractivity contribution < 1.29 is 4.39 Å². The summed E-state index contributed by atoms with van der Waals surface area (Å²) in [6.07, 6.45) is 0. The van der Waals surface area contributed by atoms with Gasteiger partial charge in [0.05, 0.1) is 6.04 Å². The molecule has 1 aromatic carbocycles. The Labute approximate surface area is 88.4 Å². The standard InChI is InChI=1S/C10H15FN4/c1-7(14-10(13-2)15-12)8-3-5-9(11)6-4-8/h3-7H,12H2,1-2H3,(H2,13,14,15). The van der Waals surface area contributed by atoms with Gasteiger partial charge in [0.1, 0.15) is 5.82 Å². The maximum atomic E-state index is 12.7. The van der Waals surface area contributed by atoms with E-state index in [0.717, 1.165) is 5.56 Å². The maximum Gasteiger partial charge on any atom is 0.205 e. The second-order valence-corrected chi connectivity index (χ2v) is 3.13. The molecule has 0 fully saturated rings. The second kappa shape index (κ2) is 5.31. The van der Waals surface area contributed by atoms with E-state index in [1.165, 1.54) is 12.1 Å². The first kappa shape index (κ1) is 11.5. The minimum Gasteiger partial charge on any atom is -0.349 e. The van der Waals surface area contributed by atoms with Gasteiger partial charge in [-0.1, -0.05) is 12.1 Å². The van der Waals surface area contributed by atoms with Crippen LogP contribution >= 0.6 is 0 Å². The SMILES string of the molecule is CN=C(NN)NC(C)c1ccc(F)cc1. The molecular weight excluding hydrogens is 195 g/mol. The van der Waals surface area contributed by atoms with Crippen LogP contribution in [0.4, 0.5) is 4.39 Å². The van der Waals surface area contributed by atoms with E-state index in [0.29, 0.717) is 5.96 Å². The van der Waals surface area contributed by atoms with Gasteiger partial charge in [-0.05, 0) is 24.6 Å². The third-order valence-electron chi connectivity index (χ3n) is 2.08. The van der Waals surface area contributed by atoms with E-state index in [9.17, 15) is 4.39 Å². The van der Waals surface area contributed by atoms with Crippen molar-refractivity contribution in [3.63, 3.8) is 0 Å². The largest absolute Gasteiger partial charge is 0.349 e. The molecule has 0 bridgehead atoms. The van der Waals surface area contributed by atoms with Crippen LogP contribution < -0.4 is 16.6 Å². The minimum absolute atomic E-state index is 0.0142. The molecule has 0 spiro atoms. The molecular formula is C10H15FN4. The van der Waals surface area contributed by atoms with Gasteiger partial charge >= 0.3 is 0 Å². The second-order valence-electron chi connectivity index (χ2n) is 3.13. The minimum atomic E-state index is -0.243. The number of nitrogens with zero attached hydrogens (tertiary/aromatic N) is 1. The number of nitrogens with two attached hydrogens (primary N) is 1. The summed E-state index contributed by atoms with van der Waals surface area (Å²) >= 11 is 0. The van der Waals surface area contributed by atoms with E-state index in [1.807, 2.05) is 6.92 Å². The smallest absolute Gasteiger partial charge is 0.205 e. The van der Waals surface area contributed by atoms with Crippen LogP contribution in [-0.4, -0.2) is 13.0 Å². The molecule has 0 aliphatic rings. The lowest BCUT2D eigenvalue weighted by molar-refractivity contribution is 0.623. The molecule has 0 aromatic heterocycles. The molecule has 1 atom stereocenters. The van der Waals surface area contributed by atoms with Crippen molar-refractivity contribution in [3.8, 4) is 0 Å². The fraction of sp³-hybridized carbons (Fsp3) is 0.300. The molecule has 0 saturated heterocycles. The lowest BCUT2D eigenvalue weighted by Crippen LogP contribution is -2.42. The van der Waals surface area contributed by atoms with E-state index in [1.54, 1.807) is 19.2 Å². The Hall–Kier alpha value is -1.62. The molecule has 0 amide bonds. The quantitative estimate of drug-likeness (QED) is 0.294. The molecule has 0 aliphatic heterocycles. The Bertz CT molecular complexity index is 334. The predicted octanol–water partition coefficient (Wildman–Crippen LogP) is 0.925. The fourth-order valence-corrected chi connectivity index (χ4v) is 1.21. The number of aliphatic imine (C=N–C) groups is 1. The van der Waals surface area contributed by atoms with Crippen LogP contribution in [0.2, 0.25) is 0 Å². The highest BCUT2D eigenvalue weighted by molar-refractivity contribution is 5.79. The lowest BCUT2D eigenvalue weighted by atomic mass is 10.1. The zero-order chi connectivity index (χ0) is 11.3. The van der Waals surface area contributed by atoms with Gasteiger partial charge in [-0.2, -0.15) is 0 Å². The Morgan fingerprint density at radius 2 is 2.00 bits per heavy atom. The first-order valence-electron chi connectivity index (χ1n) is 4.62. The highest BCUT2D eigenvalue weighted by Gasteiger charge is 2.06. The van der Waals surface area contributed by atoms with Crippen molar-refractivity contribution in [2.45, 2.75) is 13.0 Å². The Morgan fingerprint density at radius 3 is 2.47 bits per heavy atom. The Morgan fingerprint density at radius 1 is 1.40 bits per heavy atom. The van der Waals surface area contributed by atoms with Crippen LogP contribution in [0.1, 0.15) is 18.5 Å². The average molecular weight is 210 g/mol. The van der Waals surface area contributed by atoms with Crippen molar-refractivity contribution in [2.24, 2.45) is 10.8 Å². The molecule has 0 radical (unpaired) electrons. The first-order chi connectivity index (χ1) is 7.17. The zero-order valence-electron chi connectivity index (χ0n) is 8.79. The molecule has 4 N–H and O–H groups in total. The topological polar surface area (TPSA) is 62.4 Å². The zero-order valence-corrected chi connectivity index (χ0v) is 8.79. The number of hydrogen-bond acceptors (Lipinski definition) is 2. The summed E-state index contributed by atoms with van der Waals surface area (Å²) in [5, 5.41) is 3.04. The van der Waals surface area contributed by atoms with Gasteiger partial charge < -0.3 is 5.32 Å². The third-order valence-corrected chi connectivity index (χ3v) is 2.08. The van der Waals surface area contributed by atoms with Gasteiger partial charge in [0, 0.05) is 7.05 Å². The molecule has 15 heavy (non-hydrogen) atoms. The van der Waals surface area contributed by atoms with Gasteiger partial charge in [-0.3, -0.25) is 10.4 Å². The van der Waals surface area contributed by atoms with Gasteiger partial charge in [0.25, 0.3) is 0 Å². The maximum absolute atomic E-state index is 12.7. The van der Waals surface area contributed by atoms with E-state index in [4.69, 9.17) is 5.84 Å². The van der Waals surface area contributed by atoms with Gasteiger partial charge in [0.15, 0.2) is 0 Å². The van der Waals surface area contributed by atoms with Gasteiger partial charge in [-0.15, -0.1) is 0 Å². The van der Waals surface area contributed by atoms with Crippen LogP contribution in [0.15, 0.2) is 29.3 Å². The summed E-state index contributed by atoms with van der Waals surface area (Å²) in [4.78, 5) is 3.88. The number of halogens is 1. The van der Waals surface area contributed by atoms with Gasteiger partial charge in [-0.25, -0.2) is 10.2 Å². The molecule has 82 valence electrons. The van der Waals surface area contributed by atoms with Crippen molar-refractivity contribution in [2.75, 3.05) is 7.05 Å². The Kier molecular flexibility index (Phi) is 4.05. The summed E-state index contributed by atoms with van der Waals surface area (Å²) in [5.74, 6) is 5.48. The monoisotopic (exact) mass is 210 g/mol. The molecule has 4 nitrogen and oxygen atoms in total. The number of hydrogen-bond donors (Lipinski definition) is 3. The summed E-state index contributed by atoms with van der Waals surface area (Å²) in [6.45, 7) is 1.94. The lowest BCUT2D eigenvalue weighted by Gasteiger charge is -2.16. The molecule has 0 aliphatic carbocycles. The van der Waals surface area contributed by atoms with Crippen LogP contribution in [0.5, 0.6) is 0 Å². The van der Waals surface area contributed by atoms with Crippen molar-refractivity contribution >= 4 is 5.96 Å². The van der Waals surface area contributed by atoms with Crippen LogP contribution in [-0.2, 0) is 0 Å². The van der Waals surface area contributed by atoms with Gasteiger partial charge in [0.2, 0.25) is 5.96 Å². The number of guanidine groups is 1. The molecule has 0 saturated carbocycles. The number of rotatable bonds is 2. The fourth-order valence-electron chi connectivity index (χ4n) is 1.21. The highest BCUT2D eigenvalue weighted by atomic mass is 19.1. The first-order valence-corrected chi connectivity index (χ1v) is 4.62. The number of benzene rings is 1. The molecule has 5 heteroatoms. The molecule has 1 unspecified atom stereocenters. The summed E-state index contributed by atoms with van der Waals surface area (Å²) in [6, 6.07) is 6.30. The predicted molar refractivity (Wildman–Crippen MR) is 58.6 cm³/mol. The average Bonchev–Trinajstić information content (AvgIpc) is 2.26. The van der Waals surface area contributed by atoms with E-state index in [-0.39, 0.29) is 11.9 Å². The van der Waals surface area contributed by atoms with Crippen molar-refractivity contribution in [1.82, 2.24) is 10.7 Å². The van der Waals surface area contributed by atoms with Crippen molar-refractivity contribution in [3.05, 3.63) is 35.6 Å². The van der Waals surface area contributed by atoms with Crippen LogP contribution in [0.25, 0.3) is 0 Å². The Balaban J connectivity index is 2.68. The summed E-state index contributed by atoms with van der Waals surface area (Å²) in [5.41, 5.74) is 3.39. The van der Waals surface area contributed by atoms with Crippen LogP contribution in [0.3, 0.4) is 0 Å². The number of nitrogens with one attached hydrogen (secondary N) is 2. The molecule has 1 aromatic rings. The number of hydrazine groups is 1. The normalized spacial score (nSPS) is 13.5. The van der Waals surface area contributed by atoms with E-state index >= 15 is 0 Å². The van der Waals surface area contributed by atoms with E-state index in [2.05, 4.69) is 15.7 Å². The molecule has 0 heterocycles. The van der Waals surface area contributed by atoms with Crippen LogP contribution in [0, 0.1) is 5.82 Å². The summed E-state index contributed by atoms with van der Waals surface area (Å²) < 4.78 is 12.7. The molecule has 1 rings (SSSR count). The highest BCUT2D eigenvalue weighted by Crippen LogP contribution is 2.12. The third kappa shape index (κ3) is 3.21.